The highest BCUT2D eigenvalue weighted by Crippen LogP contribution is 2.25. The molecule has 0 radical (unpaired) electrons. The molecule has 6 nitrogen and oxygen atoms in total. The molecule has 3 rings (SSSR count). The lowest BCUT2D eigenvalue weighted by molar-refractivity contribution is -0.122. The topological polar surface area (TPSA) is 83.6 Å². The molecule has 1 aromatic carbocycles. The van der Waals surface area contributed by atoms with E-state index in [1.54, 1.807) is 24.3 Å². The lowest BCUT2D eigenvalue weighted by Gasteiger charge is -2.32. The van der Waals surface area contributed by atoms with Crippen LogP contribution in [-0.2, 0) is 14.6 Å². The van der Waals surface area contributed by atoms with Gasteiger partial charge in [-0.1, -0.05) is 23.7 Å². The van der Waals surface area contributed by atoms with E-state index in [0.29, 0.717) is 42.4 Å². The summed E-state index contributed by atoms with van der Waals surface area (Å²) < 4.78 is 22.9. The zero-order valence-electron chi connectivity index (χ0n) is 15.2. The fourth-order valence-corrected chi connectivity index (χ4v) is 5.66. The van der Waals surface area contributed by atoms with Crippen LogP contribution in [0.5, 0.6) is 0 Å². The molecule has 148 valence electrons. The standard InChI is InChI=1S/C19H25ClN2O4S/c20-17-4-2-1-3-16(17)19(24)22-10-7-14(8-11-22)5-6-18(23)21-15-9-12-27(25,26)13-15/h1-4,14-15H,5-13H2,(H,21,23). The molecule has 27 heavy (non-hydrogen) atoms. The van der Waals surface area contributed by atoms with Gasteiger partial charge in [-0.2, -0.15) is 0 Å². The summed E-state index contributed by atoms with van der Waals surface area (Å²) in [5, 5.41) is 3.30. The zero-order chi connectivity index (χ0) is 19.4. The predicted molar refractivity (Wildman–Crippen MR) is 105 cm³/mol. The molecule has 1 unspecified atom stereocenters. The van der Waals surface area contributed by atoms with E-state index >= 15 is 0 Å². The van der Waals surface area contributed by atoms with Gasteiger partial charge in [-0.25, -0.2) is 8.42 Å². The van der Waals surface area contributed by atoms with Crippen molar-refractivity contribution >= 4 is 33.3 Å². The number of carbonyl (C=O) groups is 2. The smallest absolute Gasteiger partial charge is 0.255 e. The third-order valence-corrected chi connectivity index (χ3v) is 7.48. The number of sulfone groups is 1. The Morgan fingerprint density at radius 1 is 1.15 bits per heavy atom. The Morgan fingerprint density at radius 3 is 2.48 bits per heavy atom. The molecular formula is C19H25ClN2O4S. The van der Waals surface area contributed by atoms with Crippen molar-refractivity contribution in [3.05, 3.63) is 34.9 Å². The Kier molecular flexibility index (Phi) is 6.42. The van der Waals surface area contributed by atoms with Crippen molar-refractivity contribution in [2.75, 3.05) is 24.6 Å². The van der Waals surface area contributed by atoms with Gasteiger partial charge in [0.25, 0.3) is 5.91 Å². The summed E-state index contributed by atoms with van der Waals surface area (Å²) in [6, 6.07) is 6.83. The summed E-state index contributed by atoms with van der Waals surface area (Å²) in [6.45, 7) is 1.33. The van der Waals surface area contributed by atoms with E-state index in [9.17, 15) is 18.0 Å². The van der Waals surface area contributed by atoms with Crippen molar-refractivity contribution in [3.63, 3.8) is 0 Å². The zero-order valence-corrected chi connectivity index (χ0v) is 16.8. The first-order valence-corrected chi connectivity index (χ1v) is 11.6. The molecule has 2 amide bonds. The normalized spacial score (nSPS) is 22.6. The minimum absolute atomic E-state index is 0.0424. The van der Waals surface area contributed by atoms with Crippen LogP contribution < -0.4 is 5.32 Å². The number of nitrogens with one attached hydrogen (secondary N) is 1. The van der Waals surface area contributed by atoms with Crippen LogP contribution in [0.3, 0.4) is 0 Å². The number of hydrogen-bond acceptors (Lipinski definition) is 4. The molecule has 0 aromatic heterocycles. The highest BCUT2D eigenvalue weighted by Gasteiger charge is 2.29. The Labute approximate surface area is 165 Å². The number of likely N-dealkylation sites (tertiary alicyclic amines) is 1. The monoisotopic (exact) mass is 412 g/mol. The van der Waals surface area contributed by atoms with Crippen LogP contribution in [0, 0.1) is 5.92 Å². The second kappa shape index (κ2) is 8.61. The minimum Gasteiger partial charge on any atom is -0.352 e. The summed E-state index contributed by atoms with van der Waals surface area (Å²) >= 11 is 6.11. The number of amides is 2. The van der Waals surface area contributed by atoms with E-state index in [4.69, 9.17) is 11.6 Å². The van der Waals surface area contributed by atoms with E-state index in [0.717, 1.165) is 19.3 Å². The molecule has 1 aromatic rings. The van der Waals surface area contributed by atoms with Crippen molar-refractivity contribution in [2.24, 2.45) is 5.92 Å². The van der Waals surface area contributed by atoms with E-state index < -0.39 is 9.84 Å². The molecule has 2 aliphatic heterocycles. The van der Waals surface area contributed by atoms with Crippen LogP contribution in [0.1, 0.15) is 42.5 Å². The van der Waals surface area contributed by atoms with E-state index in [1.165, 1.54) is 0 Å². The van der Waals surface area contributed by atoms with Gasteiger partial charge in [-0.15, -0.1) is 0 Å². The summed E-state index contributed by atoms with van der Waals surface area (Å²) in [7, 11) is -2.98. The van der Waals surface area contributed by atoms with Crippen LogP contribution in [-0.4, -0.2) is 55.8 Å². The summed E-state index contributed by atoms with van der Waals surface area (Å²) in [4.78, 5) is 26.5. The van der Waals surface area contributed by atoms with E-state index in [1.807, 2.05) is 4.90 Å². The van der Waals surface area contributed by atoms with Gasteiger partial charge in [0.1, 0.15) is 0 Å². The molecule has 0 bridgehead atoms. The highest BCUT2D eigenvalue weighted by atomic mass is 35.5. The van der Waals surface area contributed by atoms with Crippen LogP contribution in [0.2, 0.25) is 5.02 Å². The van der Waals surface area contributed by atoms with Crippen molar-refractivity contribution in [1.82, 2.24) is 10.2 Å². The van der Waals surface area contributed by atoms with Crippen molar-refractivity contribution < 1.29 is 18.0 Å². The maximum Gasteiger partial charge on any atom is 0.255 e. The molecule has 2 heterocycles. The van der Waals surface area contributed by atoms with Gasteiger partial charge in [0.15, 0.2) is 9.84 Å². The third-order valence-electron chi connectivity index (χ3n) is 5.38. The second-order valence-corrected chi connectivity index (χ2v) is 10.1. The summed E-state index contributed by atoms with van der Waals surface area (Å²) in [5.74, 6) is 0.501. The van der Waals surface area contributed by atoms with Crippen LogP contribution in [0.25, 0.3) is 0 Å². The molecule has 2 aliphatic rings. The first-order chi connectivity index (χ1) is 12.8. The number of piperidine rings is 1. The van der Waals surface area contributed by atoms with Gasteiger partial charge in [-0.3, -0.25) is 9.59 Å². The molecule has 0 saturated carbocycles. The Morgan fingerprint density at radius 2 is 1.85 bits per heavy atom. The van der Waals surface area contributed by atoms with Crippen molar-refractivity contribution in [1.29, 1.82) is 0 Å². The maximum absolute atomic E-state index is 12.6. The van der Waals surface area contributed by atoms with Crippen molar-refractivity contribution in [2.45, 2.75) is 38.1 Å². The Balaban J connectivity index is 1.40. The highest BCUT2D eigenvalue weighted by molar-refractivity contribution is 7.91. The molecule has 8 heteroatoms. The molecule has 0 aliphatic carbocycles. The van der Waals surface area contributed by atoms with Gasteiger partial charge >= 0.3 is 0 Å². The molecular weight excluding hydrogens is 388 g/mol. The Bertz CT molecular complexity index is 804. The third kappa shape index (κ3) is 5.45. The molecule has 2 saturated heterocycles. The SMILES string of the molecule is O=C(CCC1CCN(C(=O)c2ccccc2Cl)CC1)NC1CCS(=O)(=O)C1. The van der Waals surface area contributed by atoms with Gasteiger partial charge in [0, 0.05) is 25.6 Å². The first kappa shape index (κ1) is 20.1. The molecule has 0 spiro atoms. The predicted octanol–water partition coefficient (Wildman–Crippen LogP) is 2.28. The number of nitrogens with zero attached hydrogens (tertiary/aromatic N) is 1. The quantitative estimate of drug-likeness (QED) is 0.804. The largest absolute Gasteiger partial charge is 0.352 e. The van der Waals surface area contributed by atoms with Gasteiger partial charge in [-0.05, 0) is 43.7 Å². The van der Waals surface area contributed by atoms with Gasteiger partial charge in [0.05, 0.1) is 22.1 Å². The summed E-state index contributed by atoms with van der Waals surface area (Å²) in [5.41, 5.74) is 0.531. The van der Waals surface area contributed by atoms with Crippen molar-refractivity contribution in [3.8, 4) is 0 Å². The average molecular weight is 413 g/mol. The fourth-order valence-electron chi connectivity index (χ4n) is 3.77. The number of benzene rings is 1. The number of carbonyl (C=O) groups excluding carboxylic acids is 2. The lowest BCUT2D eigenvalue weighted by Crippen LogP contribution is -2.39. The van der Waals surface area contributed by atoms with E-state index in [2.05, 4.69) is 5.32 Å². The number of hydrogen-bond donors (Lipinski definition) is 1. The van der Waals surface area contributed by atoms with Crippen LogP contribution in [0.15, 0.2) is 24.3 Å². The Hall–Kier alpha value is -1.60. The van der Waals surface area contributed by atoms with Crippen LogP contribution >= 0.6 is 11.6 Å². The summed E-state index contributed by atoms with van der Waals surface area (Å²) in [6.07, 6.45) is 3.40. The van der Waals surface area contributed by atoms with Gasteiger partial charge in [0.2, 0.25) is 5.91 Å². The molecule has 2 fully saturated rings. The van der Waals surface area contributed by atoms with E-state index in [-0.39, 0.29) is 29.4 Å². The first-order valence-electron chi connectivity index (χ1n) is 9.37. The fraction of sp³-hybridized carbons (Fsp3) is 0.579. The average Bonchev–Trinajstić information content (AvgIpc) is 2.98. The maximum atomic E-state index is 12.6. The van der Waals surface area contributed by atoms with Crippen LogP contribution in [0.4, 0.5) is 0 Å². The number of halogens is 1. The number of rotatable bonds is 5. The lowest BCUT2D eigenvalue weighted by atomic mass is 9.91. The molecule has 1 atom stereocenters. The second-order valence-electron chi connectivity index (χ2n) is 7.42. The minimum atomic E-state index is -2.98. The van der Waals surface area contributed by atoms with Gasteiger partial charge < -0.3 is 10.2 Å². The molecule has 1 N–H and O–H groups in total.